The van der Waals surface area contributed by atoms with Crippen LogP contribution in [0.25, 0.3) is 0 Å². The van der Waals surface area contributed by atoms with Gasteiger partial charge in [-0.15, -0.1) is 0 Å². The van der Waals surface area contributed by atoms with E-state index < -0.39 is 17.8 Å². The third-order valence-corrected chi connectivity index (χ3v) is 3.85. The van der Waals surface area contributed by atoms with Gasteiger partial charge in [0.05, 0.1) is 11.3 Å². The first-order valence-corrected chi connectivity index (χ1v) is 7.44. The molecule has 0 spiro atoms. The molecule has 1 aliphatic rings. The van der Waals surface area contributed by atoms with Gasteiger partial charge in [-0.25, -0.2) is 9.69 Å². The number of carbonyl (C=O) groups is 3. The Labute approximate surface area is 130 Å². The van der Waals surface area contributed by atoms with Crippen molar-refractivity contribution in [2.45, 2.75) is 6.61 Å². The highest BCUT2D eigenvalue weighted by atomic mass is 32.1. The molecule has 2 aromatic rings. The van der Waals surface area contributed by atoms with E-state index in [1.807, 2.05) is 16.8 Å². The van der Waals surface area contributed by atoms with Gasteiger partial charge in [0, 0.05) is 17.7 Å². The van der Waals surface area contributed by atoms with Gasteiger partial charge in [-0.3, -0.25) is 9.59 Å². The first-order chi connectivity index (χ1) is 10.6. The van der Waals surface area contributed by atoms with Gasteiger partial charge < -0.3 is 4.74 Å². The second kappa shape index (κ2) is 5.95. The molecule has 0 N–H and O–H groups in total. The summed E-state index contributed by atoms with van der Waals surface area (Å²) in [6.07, 6.45) is 2.43. The zero-order chi connectivity index (χ0) is 15.5. The summed E-state index contributed by atoms with van der Waals surface area (Å²) in [7, 11) is 0. The van der Waals surface area contributed by atoms with Crippen LogP contribution in [0.5, 0.6) is 0 Å². The van der Waals surface area contributed by atoms with Crippen molar-refractivity contribution in [3.63, 3.8) is 0 Å². The Kier molecular flexibility index (Phi) is 3.84. The quantitative estimate of drug-likeness (QED) is 0.643. The number of carbonyl (C=O) groups excluding carboxylic acids is 3. The second-order valence-electron chi connectivity index (χ2n) is 4.60. The van der Waals surface area contributed by atoms with Gasteiger partial charge >= 0.3 is 5.97 Å². The van der Waals surface area contributed by atoms with E-state index in [-0.39, 0.29) is 6.61 Å². The van der Waals surface area contributed by atoms with Crippen LogP contribution in [0.2, 0.25) is 0 Å². The minimum atomic E-state index is -0.449. The predicted octanol–water partition coefficient (Wildman–Crippen LogP) is 2.53. The van der Waals surface area contributed by atoms with Crippen LogP contribution in [-0.4, -0.2) is 17.8 Å². The third-order valence-electron chi connectivity index (χ3n) is 3.12. The summed E-state index contributed by atoms with van der Waals surface area (Å²) in [5.74, 6) is -1.23. The lowest BCUT2D eigenvalue weighted by atomic mass is 10.2. The van der Waals surface area contributed by atoms with Gasteiger partial charge in [0.15, 0.2) is 0 Å². The number of esters is 1. The fourth-order valence-electron chi connectivity index (χ4n) is 2.01. The number of benzene rings is 1. The molecule has 0 saturated carbocycles. The molecule has 0 radical (unpaired) electrons. The lowest BCUT2D eigenvalue weighted by molar-refractivity contribution is -0.119. The Morgan fingerprint density at radius 2 is 1.73 bits per heavy atom. The average molecular weight is 313 g/mol. The Balaban J connectivity index is 1.67. The molecule has 0 saturated heterocycles. The van der Waals surface area contributed by atoms with E-state index in [0.29, 0.717) is 11.3 Å². The van der Waals surface area contributed by atoms with Crippen molar-refractivity contribution in [1.29, 1.82) is 0 Å². The number of rotatable bonds is 4. The highest BCUT2D eigenvalue weighted by molar-refractivity contribution is 7.07. The molecule has 6 heteroatoms. The summed E-state index contributed by atoms with van der Waals surface area (Å²) in [5, 5.41) is 3.82. The molecule has 2 heterocycles. The molecule has 3 rings (SSSR count). The summed E-state index contributed by atoms with van der Waals surface area (Å²) in [6, 6.07) is 8.04. The number of thiophene rings is 1. The van der Waals surface area contributed by atoms with Crippen LogP contribution in [0.1, 0.15) is 15.9 Å². The van der Waals surface area contributed by atoms with Crippen molar-refractivity contribution >= 4 is 34.8 Å². The van der Waals surface area contributed by atoms with Gasteiger partial charge in [-0.1, -0.05) is 0 Å². The molecule has 1 aromatic carbocycles. The molecule has 0 unspecified atom stereocenters. The van der Waals surface area contributed by atoms with Crippen LogP contribution in [-0.2, 0) is 20.9 Å². The Bertz CT molecular complexity index is 729. The van der Waals surface area contributed by atoms with Gasteiger partial charge in [0.25, 0.3) is 11.8 Å². The monoisotopic (exact) mass is 313 g/mol. The fraction of sp³-hybridized carbons (Fsp3) is 0.0625. The topological polar surface area (TPSA) is 63.7 Å². The smallest absolute Gasteiger partial charge is 0.338 e. The van der Waals surface area contributed by atoms with Crippen LogP contribution in [0.3, 0.4) is 0 Å². The molecular weight excluding hydrogens is 302 g/mol. The lowest BCUT2D eigenvalue weighted by Crippen LogP contribution is -2.29. The van der Waals surface area contributed by atoms with Crippen molar-refractivity contribution in [2.24, 2.45) is 0 Å². The van der Waals surface area contributed by atoms with Gasteiger partial charge in [-0.05, 0) is 41.1 Å². The summed E-state index contributed by atoms with van der Waals surface area (Å²) in [6.45, 7) is 0.219. The van der Waals surface area contributed by atoms with Crippen molar-refractivity contribution in [3.05, 3.63) is 64.4 Å². The highest BCUT2D eigenvalue weighted by Gasteiger charge is 2.25. The molecule has 0 aliphatic carbocycles. The molecule has 1 aromatic heterocycles. The van der Waals surface area contributed by atoms with Gasteiger partial charge in [0.1, 0.15) is 6.61 Å². The number of hydrogen-bond donors (Lipinski definition) is 0. The average Bonchev–Trinajstić information content (AvgIpc) is 3.15. The van der Waals surface area contributed by atoms with E-state index in [1.54, 1.807) is 12.1 Å². The zero-order valence-electron chi connectivity index (χ0n) is 11.4. The molecule has 110 valence electrons. The first kappa shape index (κ1) is 14.2. The Morgan fingerprint density at radius 3 is 2.32 bits per heavy atom. The first-order valence-electron chi connectivity index (χ1n) is 6.49. The standard InChI is InChI=1S/C16H11NO4S/c18-14-5-6-15(19)17(14)13-3-1-12(2-4-13)16(20)21-9-11-7-8-22-10-11/h1-8,10H,9H2. The molecule has 0 atom stereocenters. The second-order valence-corrected chi connectivity index (χ2v) is 5.38. The molecule has 5 nitrogen and oxygen atoms in total. The van der Waals surface area contributed by atoms with Crippen LogP contribution in [0, 0.1) is 0 Å². The van der Waals surface area contributed by atoms with Crippen LogP contribution in [0.15, 0.2) is 53.2 Å². The molecule has 2 amide bonds. The number of nitrogens with zero attached hydrogens (tertiary/aromatic N) is 1. The van der Waals surface area contributed by atoms with Crippen molar-refractivity contribution in [1.82, 2.24) is 0 Å². The zero-order valence-corrected chi connectivity index (χ0v) is 12.2. The van der Waals surface area contributed by atoms with E-state index in [4.69, 9.17) is 4.74 Å². The van der Waals surface area contributed by atoms with Gasteiger partial charge in [0.2, 0.25) is 0 Å². The number of anilines is 1. The molecule has 1 aliphatic heterocycles. The fourth-order valence-corrected chi connectivity index (χ4v) is 2.66. The summed E-state index contributed by atoms with van der Waals surface area (Å²) in [4.78, 5) is 36.1. The minimum absolute atomic E-state index is 0.219. The number of ether oxygens (including phenoxy) is 1. The third kappa shape index (κ3) is 2.82. The molecule has 22 heavy (non-hydrogen) atoms. The number of imide groups is 1. The van der Waals surface area contributed by atoms with E-state index in [2.05, 4.69) is 0 Å². The SMILES string of the molecule is O=C(OCc1ccsc1)c1ccc(N2C(=O)C=CC2=O)cc1. The Hall–Kier alpha value is -2.73. The van der Waals surface area contributed by atoms with E-state index in [0.717, 1.165) is 10.5 Å². The summed E-state index contributed by atoms with van der Waals surface area (Å²) in [5.41, 5.74) is 1.73. The molecule has 0 bridgehead atoms. The van der Waals surface area contributed by atoms with Crippen LogP contribution >= 0.6 is 11.3 Å². The highest BCUT2D eigenvalue weighted by Crippen LogP contribution is 2.20. The van der Waals surface area contributed by atoms with E-state index in [9.17, 15) is 14.4 Å². The number of hydrogen-bond acceptors (Lipinski definition) is 5. The van der Waals surface area contributed by atoms with Crippen molar-refractivity contribution in [2.75, 3.05) is 4.90 Å². The Morgan fingerprint density at radius 1 is 1.05 bits per heavy atom. The number of amides is 2. The molecule has 0 fully saturated rings. The van der Waals surface area contributed by atoms with Crippen LogP contribution in [0.4, 0.5) is 5.69 Å². The largest absolute Gasteiger partial charge is 0.457 e. The van der Waals surface area contributed by atoms with E-state index in [1.165, 1.54) is 35.6 Å². The normalized spacial score (nSPS) is 13.7. The molecular formula is C16H11NO4S. The maximum atomic E-state index is 11.9. The summed E-state index contributed by atoms with van der Waals surface area (Å²) >= 11 is 1.54. The van der Waals surface area contributed by atoms with Crippen molar-refractivity contribution < 1.29 is 19.1 Å². The summed E-state index contributed by atoms with van der Waals surface area (Å²) < 4.78 is 5.19. The maximum Gasteiger partial charge on any atom is 0.338 e. The maximum absolute atomic E-state index is 11.9. The lowest BCUT2D eigenvalue weighted by Gasteiger charge is -2.13. The van der Waals surface area contributed by atoms with E-state index >= 15 is 0 Å². The van der Waals surface area contributed by atoms with Crippen molar-refractivity contribution in [3.8, 4) is 0 Å². The van der Waals surface area contributed by atoms with Crippen LogP contribution < -0.4 is 4.90 Å². The minimum Gasteiger partial charge on any atom is -0.457 e. The predicted molar refractivity (Wildman–Crippen MR) is 81.5 cm³/mol. The van der Waals surface area contributed by atoms with Gasteiger partial charge in [-0.2, -0.15) is 11.3 Å².